The third kappa shape index (κ3) is 6.02. The van der Waals surface area contributed by atoms with Crippen molar-refractivity contribution in [1.82, 2.24) is 5.32 Å². The summed E-state index contributed by atoms with van der Waals surface area (Å²) in [6.45, 7) is -0.657. The van der Waals surface area contributed by atoms with E-state index >= 15 is 0 Å². The summed E-state index contributed by atoms with van der Waals surface area (Å²) in [6, 6.07) is 6.76. The molecule has 1 aliphatic carbocycles. The van der Waals surface area contributed by atoms with Crippen LogP contribution in [0.3, 0.4) is 0 Å². The van der Waals surface area contributed by atoms with Gasteiger partial charge in [-0.25, -0.2) is 4.79 Å². The first kappa shape index (κ1) is 18.0. The zero-order valence-corrected chi connectivity index (χ0v) is 13.7. The van der Waals surface area contributed by atoms with Crippen LogP contribution in [0.4, 0.5) is 0 Å². The standard InChI is InChI=1S/C18H23NO5/c20-11-14-7-5-6-10-16(14)23-13-18(22)24-12-17(21)19-15-8-3-1-2-4-9-15/h5-7,10-11,15H,1-4,8-9,12-13H2,(H,19,21). The normalized spacial score (nSPS) is 15.2. The predicted octanol–water partition coefficient (Wildman–Crippen LogP) is 2.26. The molecule has 6 heteroatoms. The summed E-state index contributed by atoms with van der Waals surface area (Å²) in [5.41, 5.74) is 0.358. The molecule has 6 nitrogen and oxygen atoms in total. The summed E-state index contributed by atoms with van der Waals surface area (Å²) in [5.74, 6) is -0.623. The Morgan fingerprint density at radius 2 is 1.79 bits per heavy atom. The van der Waals surface area contributed by atoms with Gasteiger partial charge in [0.2, 0.25) is 0 Å². The minimum atomic E-state index is -0.647. The van der Waals surface area contributed by atoms with Crippen LogP contribution < -0.4 is 10.1 Å². The lowest BCUT2D eigenvalue weighted by atomic mass is 10.1. The highest BCUT2D eigenvalue weighted by Gasteiger charge is 2.16. The number of ether oxygens (including phenoxy) is 2. The second-order valence-electron chi connectivity index (χ2n) is 5.86. The Morgan fingerprint density at radius 3 is 2.50 bits per heavy atom. The smallest absolute Gasteiger partial charge is 0.344 e. The fourth-order valence-corrected chi connectivity index (χ4v) is 2.73. The van der Waals surface area contributed by atoms with Gasteiger partial charge in [0.25, 0.3) is 5.91 Å². The molecule has 0 saturated heterocycles. The molecule has 0 aliphatic heterocycles. The van der Waals surface area contributed by atoms with Gasteiger partial charge in [0, 0.05) is 6.04 Å². The summed E-state index contributed by atoms with van der Waals surface area (Å²) in [5, 5.41) is 2.90. The average molecular weight is 333 g/mol. The first-order valence-electron chi connectivity index (χ1n) is 8.31. The highest BCUT2D eigenvalue weighted by atomic mass is 16.6. The van der Waals surface area contributed by atoms with Crippen LogP contribution in [0.1, 0.15) is 48.9 Å². The Morgan fingerprint density at radius 1 is 1.08 bits per heavy atom. The number of hydrogen-bond donors (Lipinski definition) is 1. The maximum Gasteiger partial charge on any atom is 0.344 e. The molecule has 0 bridgehead atoms. The first-order chi connectivity index (χ1) is 11.7. The second-order valence-corrected chi connectivity index (χ2v) is 5.86. The van der Waals surface area contributed by atoms with Crippen molar-refractivity contribution >= 4 is 18.2 Å². The van der Waals surface area contributed by atoms with Crippen LogP contribution in [0.2, 0.25) is 0 Å². The summed E-state index contributed by atoms with van der Waals surface area (Å²) >= 11 is 0. The van der Waals surface area contributed by atoms with Gasteiger partial charge in [-0.3, -0.25) is 9.59 Å². The van der Waals surface area contributed by atoms with Crippen molar-refractivity contribution in [2.45, 2.75) is 44.6 Å². The molecule has 0 heterocycles. The molecule has 1 saturated carbocycles. The summed E-state index contributed by atoms with van der Waals surface area (Å²) in [7, 11) is 0. The number of esters is 1. The molecule has 1 fully saturated rings. The average Bonchev–Trinajstić information content (AvgIpc) is 2.87. The van der Waals surface area contributed by atoms with E-state index in [-0.39, 0.29) is 25.2 Å². The Hall–Kier alpha value is -2.37. The number of aldehydes is 1. The van der Waals surface area contributed by atoms with Gasteiger partial charge >= 0.3 is 5.97 Å². The lowest BCUT2D eigenvalue weighted by Gasteiger charge is -2.16. The van der Waals surface area contributed by atoms with Gasteiger partial charge in [0.15, 0.2) is 19.5 Å². The van der Waals surface area contributed by atoms with E-state index in [1.54, 1.807) is 24.3 Å². The molecule has 0 atom stereocenters. The molecule has 0 aromatic heterocycles. The van der Waals surface area contributed by atoms with E-state index in [1.807, 2.05) is 0 Å². The Labute approximate surface area is 141 Å². The van der Waals surface area contributed by atoms with Gasteiger partial charge in [0.05, 0.1) is 5.56 Å². The van der Waals surface area contributed by atoms with Crippen molar-refractivity contribution in [1.29, 1.82) is 0 Å². The summed E-state index contributed by atoms with van der Waals surface area (Å²) < 4.78 is 10.2. The monoisotopic (exact) mass is 333 g/mol. The van der Waals surface area contributed by atoms with Crippen molar-refractivity contribution in [2.75, 3.05) is 13.2 Å². The molecule has 0 radical (unpaired) electrons. The Bertz CT molecular complexity index is 564. The Balaban J connectivity index is 1.68. The second kappa shape index (κ2) is 9.70. The number of para-hydroxylation sites is 1. The molecule has 1 aliphatic rings. The van der Waals surface area contributed by atoms with Crippen molar-refractivity contribution < 1.29 is 23.9 Å². The van der Waals surface area contributed by atoms with Crippen LogP contribution >= 0.6 is 0 Å². The summed E-state index contributed by atoms with van der Waals surface area (Å²) in [4.78, 5) is 34.3. The molecule has 0 spiro atoms. The van der Waals surface area contributed by atoms with Gasteiger partial charge in [-0.15, -0.1) is 0 Å². The molecule has 1 amide bonds. The van der Waals surface area contributed by atoms with Crippen LogP contribution in [-0.4, -0.2) is 37.4 Å². The topological polar surface area (TPSA) is 81.7 Å². The largest absolute Gasteiger partial charge is 0.481 e. The van der Waals surface area contributed by atoms with Gasteiger partial charge in [-0.2, -0.15) is 0 Å². The van der Waals surface area contributed by atoms with Crippen LogP contribution in [0, 0.1) is 0 Å². The highest BCUT2D eigenvalue weighted by Crippen LogP contribution is 2.17. The zero-order chi connectivity index (χ0) is 17.2. The predicted molar refractivity (Wildman–Crippen MR) is 87.9 cm³/mol. The number of carbonyl (C=O) groups is 3. The van der Waals surface area contributed by atoms with Gasteiger partial charge < -0.3 is 14.8 Å². The minimum absolute atomic E-state index is 0.175. The molecular formula is C18H23NO5. The fraction of sp³-hybridized carbons (Fsp3) is 0.500. The van der Waals surface area contributed by atoms with Crippen LogP contribution in [-0.2, 0) is 14.3 Å². The number of nitrogens with one attached hydrogen (secondary N) is 1. The zero-order valence-electron chi connectivity index (χ0n) is 13.7. The lowest BCUT2D eigenvalue weighted by Crippen LogP contribution is -2.37. The van der Waals surface area contributed by atoms with Crippen molar-refractivity contribution in [3.05, 3.63) is 29.8 Å². The van der Waals surface area contributed by atoms with Crippen LogP contribution in [0.25, 0.3) is 0 Å². The SMILES string of the molecule is O=Cc1ccccc1OCC(=O)OCC(=O)NC1CCCCCC1. The third-order valence-electron chi connectivity index (χ3n) is 3.98. The quantitative estimate of drug-likeness (QED) is 0.470. The van der Waals surface area contributed by atoms with E-state index in [0.717, 1.165) is 25.7 Å². The molecule has 0 unspecified atom stereocenters. The van der Waals surface area contributed by atoms with Gasteiger partial charge in [-0.1, -0.05) is 37.8 Å². The maximum absolute atomic E-state index is 11.8. The van der Waals surface area contributed by atoms with E-state index in [2.05, 4.69) is 5.32 Å². The first-order valence-corrected chi connectivity index (χ1v) is 8.31. The molecule has 2 rings (SSSR count). The highest BCUT2D eigenvalue weighted by molar-refractivity contribution is 5.82. The number of amides is 1. The molecule has 1 aromatic carbocycles. The van der Waals surface area contributed by atoms with Crippen molar-refractivity contribution in [3.63, 3.8) is 0 Å². The maximum atomic E-state index is 11.8. The van der Waals surface area contributed by atoms with E-state index in [1.165, 1.54) is 12.8 Å². The van der Waals surface area contributed by atoms with Crippen LogP contribution in [0.15, 0.2) is 24.3 Å². The van der Waals surface area contributed by atoms with E-state index in [0.29, 0.717) is 17.6 Å². The third-order valence-corrected chi connectivity index (χ3v) is 3.98. The van der Waals surface area contributed by atoms with E-state index < -0.39 is 5.97 Å². The van der Waals surface area contributed by atoms with E-state index in [4.69, 9.17) is 9.47 Å². The number of carbonyl (C=O) groups excluding carboxylic acids is 3. The molecule has 1 N–H and O–H groups in total. The number of hydrogen-bond acceptors (Lipinski definition) is 5. The molecule has 24 heavy (non-hydrogen) atoms. The summed E-state index contributed by atoms with van der Waals surface area (Å²) in [6.07, 6.45) is 7.27. The van der Waals surface area contributed by atoms with Crippen molar-refractivity contribution in [3.8, 4) is 5.75 Å². The van der Waals surface area contributed by atoms with Gasteiger partial charge in [-0.05, 0) is 25.0 Å². The Kier molecular flexibility index (Phi) is 7.26. The molecule has 1 aromatic rings. The van der Waals surface area contributed by atoms with Gasteiger partial charge in [0.1, 0.15) is 5.75 Å². The molecular weight excluding hydrogens is 310 g/mol. The molecule has 130 valence electrons. The number of benzene rings is 1. The fourth-order valence-electron chi connectivity index (χ4n) is 2.73. The minimum Gasteiger partial charge on any atom is -0.481 e. The lowest BCUT2D eigenvalue weighted by molar-refractivity contribution is -0.150. The number of rotatable bonds is 7. The van der Waals surface area contributed by atoms with E-state index in [9.17, 15) is 14.4 Å². The van der Waals surface area contributed by atoms with Crippen LogP contribution in [0.5, 0.6) is 5.75 Å². The van der Waals surface area contributed by atoms with Crippen molar-refractivity contribution in [2.24, 2.45) is 0 Å².